The molecule has 0 aliphatic rings. The van der Waals surface area contributed by atoms with Gasteiger partial charge in [0.25, 0.3) is 0 Å². The molecule has 5 heteroatoms. The minimum atomic E-state index is 0.0228. The highest BCUT2D eigenvalue weighted by atomic mass is 16.5. The number of para-hydroxylation sites is 1. The zero-order valence-electron chi connectivity index (χ0n) is 12.5. The van der Waals surface area contributed by atoms with Crippen LogP contribution in [0.15, 0.2) is 30.3 Å². The van der Waals surface area contributed by atoms with Crippen LogP contribution < -0.4 is 10.6 Å². The summed E-state index contributed by atoms with van der Waals surface area (Å²) in [7, 11) is 1.62. The first-order valence-corrected chi connectivity index (χ1v) is 7.06. The van der Waals surface area contributed by atoms with Gasteiger partial charge in [0, 0.05) is 43.4 Å². The molecule has 0 bridgehead atoms. The van der Waals surface area contributed by atoms with Crippen molar-refractivity contribution in [2.24, 2.45) is 0 Å². The fraction of sp³-hybridized carbons (Fsp3) is 0.375. The number of aryl methyl sites for hydroxylation is 1. The Morgan fingerprint density at radius 1 is 1.29 bits per heavy atom. The summed E-state index contributed by atoms with van der Waals surface area (Å²) >= 11 is 0. The first-order valence-electron chi connectivity index (χ1n) is 7.06. The number of amides is 1. The molecule has 0 aliphatic carbocycles. The number of anilines is 1. The van der Waals surface area contributed by atoms with Crippen molar-refractivity contribution >= 4 is 22.5 Å². The minimum absolute atomic E-state index is 0.0228. The summed E-state index contributed by atoms with van der Waals surface area (Å²) in [5, 5.41) is 7.19. The van der Waals surface area contributed by atoms with Crippen LogP contribution in [0.4, 0.5) is 5.69 Å². The van der Waals surface area contributed by atoms with E-state index in [9.17, 15) is 4.79 Å². The fourth-order valence-corrected chi connectivity index (χ4v) is 2.15. The first kappa shape index (κ1) is 15.3. The molecule has 5 nitrogen and oxygen atoms in total. The van der Waals surface area contributed by atoms with Crippen molar-refractivity contribution in [3.8, 4) is 0 Å². The summed E-state index contributed by atoms with van der Waals surface area (Å²) in [5.41, 5.74) is 2.94. The van der Waals surface area contributed by atoms with Crippen molar-refractivity contribution in [1.82, 2.24) is 10.3 Å². The molecule has 0 spiro atoms. The third-order valence-corrected chi connectivity index (χ3v) is 3.14. The van der Waals surface area contributed by atoms with Crippen molar-refractivity contribution in [2.45, 2.75) is 13.3 Å². The van der Waals surface area contributed by atoms with E-state index in [1.54, 1.807) is 7.11 Å². The highest BCUT2D eigenvalue weighted by molar-refractivity contribution is 5.91. The van der Waals surface area contributed by atoms with Crippen LogP contribution in [0.25, 0.3) is 10.9 Å². The number of pyridine rings is 1. The number of hydrogen-bond donors (Lipinski definition) is 2. The van der Waals surface area contributed by atoms with E-state index in [-0.39, 0.29) is 5.91 Å². The van der Waals surface area contributed by atoms with Crippen LogP contribution in [0.2, 0.25) is 0 Å². The first-order chi connectivity index (χ1) is 10.2. The summed E-state index contributed by atoms with van der Waals surface area (Å²) in [6.45, 7) is 3.64. The predicted molar refractivity (Wildman–Crippen MR) is 84.5 cm³/mol. The maximum absolute atomic E-state index is 11.6. The number of aromatic nitrogens is 1. The predicted octanol–water partition coefficient (Wildman–Crippen LogP) is 2.11. The molecular formula is C16H21N3O2. The molecule has 0 radical (unpaired) electrons. The van der Waals surface area contributed by atoms with Crippen LogP contribution in [0.3, 0.4) is 0 Å². The van der Waals surface area contributed by atoms with Crippen LogP contribution >= 0.6 is 0 Å². The van der Waals surface area contributed by atoms with Gasteiger partial charge < -0.3 is 15.4 Å². The van der Waals surface area contributed by atoms with Crippen LogP contribution in [0.5, 0.6) is 0 Å². The second kappa shape index (κ2) is 7.59. The Labute approximate surface area is 124 Å². The maximum atomic E-state index is 11.6. The van der Waals surface area contributed by atoms with E-state index in [1.165, 1.54) is 0 Å². The van der Waals surface area contributed by atoms with E-state index in [4.69, 9.17) is 4.74 Å². The van der Waals surface area contributed by atoms with Gasteiger partial charge in [-0.3, -0.25) is 9.78 Å². The number of carbonyl (C=O) groups is 1. The smallest absolute Gasteiger partial charge is 0.221 e. The lowest BCUT2D eigenvalue weighted by Gasteiger charge is -2.11. The summed E-state index contributed by atoms with van der Waals surface area (Å²) in [5.74, 6) is 0.0228. The van der Waals surface area contributed by atoms with Crippen LogP contribution in [0, 0.1) is 6.92 Å². The number of hydrogen-bond acceptors (Lipinski definition) is 4. The molecule has 0 unspecified atom stereocenters. The Hall–Kier alpha value is -2.14. The molecule has 0 aliphatic heterocycles. The SMILES string of the molecule is COCCNC(=O)CCNc1cc(C)nc2ccccc12. The third-order valence-electron chi connectivity index (χ3n) is 3.14. The summed E-state index contributed by atoms with van der Waals surface area (Å²) in [4.78, 5) is 16.1. The van der Waals surface area contributed by atoms with Gasteiger partial charge in [0.05, 0.1) is 12.1 Å². The monoisotopic (exact) mass is 287 g/mol. The largest absolute Gasteiger partial charge is 0.384 e. The van der Waals surface area contributed by atoms with Crippen LogP contribution in [-0.2, 0) is 9.53 Å². The molecule has 1 aromatic heterocycles. The van der Waals surface area contributed by atoms with Crippen molar-refractivity contribution in [3.05, 3.63) is 36.0 Å². The average molecular weight is 287 g/mol. The van der Waals surface area contributed by atoms with E-state index in [0.29, 0.717) is 26.1 Å². The van der Waals surface area contributed by atoms with Gasteiger partial charge in [-0.05, 0) is 19.1 Å². The topological polar surface area (TPSA) is 63.2 Å². The zero-order valence-corrected chi connectivity index (χ0v) is 12.5. The lowest BCUT2D eigenvalue weighted by molar-refractivity contribution is -0.121. The quantitative estimate of drug-likeness (QED) is 0.766. The highest BCUT2D eigenvalue weighted by Crippen LogP contribution is 2.22. The Morgan fingerprint density at radius 3 is 2.90 bits per heavy atom. The van der Waals surface area contributed by atoms with Crippen LogP contribution in [0.1, 0.15) is 12.1 Å². The standard InChI is InChI=1S/C16H21N3O2/c1-12-11-15(13-5-3-4-6-14(13)19-12)17-8-7-16(20)18-9-10-21-2/h3-6,11H,7-10H2,1-2H3,(H,17,19)(H,18,20). The van der Waals surface area contributed by atoms with E-state index in [0.717, 1.165) is 22.3 Å². The molecule has 2 rings (SSSR count). The Balaban J connectivity index is 1.93. The average Bonchev–Trinajstić information content (AvgIpc) is 2.47. The van der Waals surface area contributed by atoms with E-state index < -0.39 is 0 Å². The van der Waals surface area contributed by atoms with E-state index in [1.807, 2.05) is 37.3 Å². The van der Waals surface area contributed by atoms with Gasteiger partial charge in [-0.15, -0.1) is 0 Å². The number of benzene rings is 1. The van der Waals surface area contributed by atoms with Gasteiger partial charge in [-0.25, -0.2) is 0 Å². The number of ether oxygens (including phenoxy) is 1. The second-order valence-corrected chi connectivity index (χ2v) is 4.85. The molecule has 21 heavy (non-hydrogen) atoms. The van der Waals surface area contributed by atoms with Crippen molar-refractivity contribution in [3.63, 3.8) is 0 Å². The van der Waals surface area contributed by atoms with E-state index >= 15 is 0 Å². The molecule has 0 atom stereocenters. The number of nitrogens with one attached hydrogen (secondary N) is 2. The molecule has 1 heterocycles. The van der Waals surface area contributed by atoms with Crippen molar-refractivity contribution in [2.75, 3.05) is 32.1 Å². The number of fused-ring (bicyclic) bond motifs is 1. The molecule has 1 aromatic carbocycles. The lowest BCUT2D eigenvalue weighted by Crippen LogP contribution is -2.28. The normalized spacial score (nSPS) is 10.6. The minimum Gasteiger partial charge on any atom is -0.384 e. The van der Waals surface area contributed by atoms with Gasteiger partial charge in [0.2, 0.25) is 5.91 Å². The molecule has 0 saturated heterocycles. The number of rotatable bonds is 7. The third kappa shape index (κ3) is 4.43. The van der Waals surface area contributed by atoms with Crippen molar-refractivity contribution in [1.29, 1.82) is 0 Å². The van der Waals surface area contributed by atoms with Gasteiger partial charge in [-0.1, -0.05) is 18.2 Å². The van der Waals surface area contributed by atoms with E-state index in [2.05, 4.69) is 15.6 Å². The number of methoxy groups -OCH3 is 1. The van der Waals surface area contributed by atoms with Gasteiger partial charge in [-0.2, -0.15) is 0 Å². The Bertz CT molecular complexity index is 613. The van der Waals surface area contributed by atoms with Crippen LogP contribution in [-0.4, -0.2) is 37.7 Å². The lowest BCUT2D eigenvalue weighted by atomic mass is 10.1. The second-order valence-electron chi connectivity index (χ2n) is 4.85. The summed E-state index contributed by atoms with van der Waals surface area (Å²) in [6.07, 6.45) is 0.430. The Morgan fingerprint density at radius 2 is 2.10 bits per heavy atom. The number of carbonyl (C=O) groups excluding carboxylic acids is 1. The summed E-state index contributed by atoms with van der Waals surface area (Å²) < 4.78 is 4.89. The van der Waals surface area contributed by atoms with Gasteiger partial charge in [0.15, 0.2) is 0 Å². The zero-order chi connectivity index (χ0) is 15.1. The Kier molecular flexibility index (Phi) is 5.51. The summed E-state index contributed by atoms with van der Waals surface area (Å²) in [6, 6.07) is 9.99. The van der Waals surface area contributed by atoms with Gasteiger partial charge in [0.1, 0.15) is 0 Å². The van der Waals surface area contributed by atoms with Gasteiger partial charge >= 0.3 is 0 Å². The molecular weight excluding hydrogens is 266 g/mol. The molecule has 2 aromatic rings. The highest BCUT2D eigenvalue weighted by Gasteiger charge is 2.04. The molecule has 1 amide bonds. The fourth-order valence-electron chi connectivity index (χ4n) is 2.15. The number of nitrogens with zero attached hydrogens (tertiary/aromatic N) is 1. The van der Waals surface area contributed by atoms with Crippen molar-refractivity contribution < 1.29 is 9.53 Å². The molecule has 112 valence electrons. The maximum Gasteiger partial charge on any atom is 0.221 e. The molecule has 0 saturated carbocycles. The molecule has 0 fully saturated rings. The molecule has 2 N–H and O–H groups in total.